The van der Waals surface area contributed by atoms with Gasteiger partial charge in [-0.3, -0.25) is 4.98 Å². The quantitative estimate of drug-likeness (QED) is 0.764. The van der Waals surface area contributed by atoms with Crippen LogP contribution in [0.15, 0.2) is 24.5 Å². The van der Waals surface area contributed by atoms with Gasteiger partial charge in [0.25, 0.3) is 0 Å². The summed E-state index contributed by atoms with van der Waals surface area (Å²) in [6, 6.07) is 4.16. The van der Waals surface area contributed by atoms with Gasteiger partial charge in [0.2, 0.25) is 0 Å². The Morgan fingerprint density at radius 3 is 2.69 bits per heavy atom. The zero-order valence-electron chi connectivity index (χ0n) is 10.7. The van der Waals surface area contributed by atoms with Crippen LogP contribution in [0.2, 0.25) is 0 Å². The van der Waals surface area contributed by atoms with Crippen molar-refractivity contribution in [3.8, 4) is 0 Å². The minimum Gasteiger partial charge on any atom is -0.316 e. The van der Waals surface area contributed by atoms with Crippen molar-refractivity contribution in [3.05, 3.63) is 30.1 Å². The minimum absolute atomic E-state index is 0.735. The van der Waals surface area contributed by atoms with Gasteiger partial charge in [-0.05, 0) is 49.4 Å². The summed E-state index contributed by atoms with van der Waals surface area (Å²) in [4.78, 5) is 4.13. The molecule has 16 heavy (non-hydrogen) atoms. The number of hydrogen-bond donors (Lipinski definition) is 1. The maximum absolute atomic E-state index is 4.13. The molecule has 0 aliphatic rings. The predicted molar refractivity (Wildman–Crippen MR) is 69.4 cm³/mol. The average Bonchev–Trinajstić information content (AvgIpc) is 2.27. The standard InChI is InChI=1S/C14H24N2/c1-12(2)9-16-10-13(3)6-7-14-5-4-8-15-11-14/h4-5,8,11-13,16H,6-7,9-10H2,1-3H3. The molecule has 1 atom stereocenters. The Morgan fingerprint density at radius 1 is 1.25 bits per heavy atom. The molecule has 1 rings (SSSR count). The normalized spacial score (nSPS) is 13.0. The Hall–Kier alpha value is -0.890. The Balaban J connectivity index is 2.13. The monoisotopic (exact) mass is 220 g/mol. The van der Waals surface area contributed by atoms with Crippen LogP contribution in [-0.2, 0) is 6.42 Å². The summed E-state index contributed by atoms with van der Waals surface area (Å²) in [6.07, 6.45) is 6.17. The highest BCUT2D eigenvalue weighted by Gasteiger charge is 2.03. The molecule has 2 heteroatoms. The lowest BCUT2D eigenvalue weighted by Gasteiger charge is -2.13. The summed E-state index contributed by atoms with van der Waals surface area (Å²) in [5.74, 6) is 1.48. The van der Waals surface area contributed by atoms with E-state index in [2.05, 4.69) is 37.1 Å². The summed E-state index contributed by atoms with van der Waals surface area (Å²) < 4.78 is 0. The molecule has 0 aliphatic carbocycles. The minimum atomic E-state index is 0.735. The molecule has 0 radical (unpaired) electrons. The van der Waals surface area contributed by atoms with E-state index in [1.807, 2.05) is 18.5 Å². The lowest BCUT2D eigenvalue weighted by Crippen LogP contribution is -2.25. The smallest absolute Gasteiger partial charge is 0.0299 e. The van der Waals surface area contributed by atoms with Crippen LogP contribution in [-0.4, -0.2) is 18.1 Å². The highest BCUT2D eigenvalue weighted by molar-refractivity contribution is 5.08. The van der Waals surface area contributed by atoms with Gasteiger partial charge in [0, 0.05) is 12.4 Å². The zero-order valence-corrected chi connectivity index (χ0v) is 10.7. The van der Waals surface area contributed by atoms with E-state index < -0.39 is 0 Å². The summed E-state index contributed by atoms with van der Waals surface area (Å²) in [6.45, 7) is 9.04. The fourth-order valence-corrected chi connectivity index (χ4v) is 1.68. The Labute approximate surface area is 99.5 Å². The van der Waals surface area contributed by atoms with E-state index in [0.717, 1.165) is 31.3 Å². The van der Waals surface area contributed by atoms with Crippen LogP contribution in [0.25, 0.3) is 0 Å². The molecular formula is C14H24N2. The third-order valence-electron chi connectivity index (χ3n) is 2.69. The third kappa shape index (κ3) is 5.86. The van der Waals surface area contributed by atoms with E-state index in [1.165, 1.54) is 12.0 Å². The van der Waals surface area contributed by atoms with Gasteiger partial charge in [-0.15, -0.1) is 0 Å². The second-order valence-electron chi connectivity index (χ2n) is 5.06. The van der Waals surface area contributed by atoms with E-state index in [4.69, 9.17) is 0 Å². The molecule has 0 saturated heterocycles. The molecule has 1 aromatic rings. The van der Waals surface area contributed by atoms with Gasteiger partial charge in [-0.25, -0.2) is 0 Å². The highest BCUT2D eigenvalue weighted by atomic mass is 14.9. The van der Waals surface area contributed by atoms with Gasteiger partial charge < -0.3 is 5.32 Å². The molecule has 0 bridgehead atoms. The van der Waals surface area contributed by atoms with Gasteiger partial charge in [-0.2, -0.15) is 0 Å². The predicted octanol–water partition coefficient (Wildman–Crippen LogP) is 2.90. The first-order valence-corrected chi connectivity index (χ1v) is 6.28. The van der Waals surface area contributed by atoms with Crippen molar-refractivity contribution in [1.82, 2.24) is 10.3 Å². The molecule has 0 amide bonds. The number of nitrogens with zero attached hydrogens (tertiary/aromatic N) is 1. The topological polar surface area (TPSA) is 24.9 Å². The Kier molecular flexibility index (Phi) is 6.09. The first-order chi connectivity index (χ1) is 7.68. The SMILES string of the molecule is CC(C)CNCC(C)CCc1cccnc1. The molecule has 0 aromatic carbocycles. The van der Waals surface area contributed by atoms with Crippen molar-refractivity contribution >= 4 is 0 Å². The van der Waals surface area contributed by atoms with Crippen molar-refractivity contribution in [2.75, 3.05) is 13.1 Å². The van der Waals surface area contributed by atoms with Crippen LogP contribution in [0, 0.1) is 11.8 Å². The van der Waals surface area contributed by atoms with Gasteiger partial charge >= 0.3 is 0 Å². The molecule has 0 saturated carbocycles. The van der Waals surface area contributed by atoms with Crippen molar-refractivity contribution in [1.29, 1.82) is 0 Å². The second-order valence-corrected chi connectivity index (χ2v) is 5.06. The number of aryl methyl sites for hydroxylation is 1. The van der Waals surface area contributed by atoms with Gasteiger partial charge in [0.1, 0.15) is 0 Å². The van der Waals surface area contributed by atoms with Crippen molar-refractivity contribution in [2.24, 2.45) is 11.8 Å². The Morgan fingerprint density at radius 2 is 2.06 bits per heavy atom. The van der Waals surface area contributed by atoms with E-state index >= 15 is 0 Å². The first kappa shape index (κ1) is 13.2. The van der Waals surface area contributed by atoms with E-state index in [-0.39, 0.29) is 0 Å². The van der Waals surface area contributed by atoms with Crippen LogP contribution in [0.3, 0.4) is 0 Å². The third-order valence-corrected chi connectivity index (χ3v) is 2.69. The lowest BCUT2D eigenvalue weighted by molar-refractivity contribution is 0.454. The molecule has 1 heterocycles. The molecule has 1 aromatic heterocycles. The van der Waals surface area contributed by atoms with Crippen molar-refractivity contribution in [3.63, 3.8) is 0 Å². The Bertz CT molecular complexity index is 269. The molecule has 2 nitrogen and oxygen atoms in total. The zero-order chi connectivity index (χ0) is 11.8. The average molecular weight is 220 g/mol. The highest BCUT2D eigenvalue weighted by Crippen LogP contribution is 2.07. The molecule has 90 valence electrons. The number of nitrogens with one attached hydrogen (secondary N) is 1. The lowest BCUT2D eigenvalue weighted by atomic mass is 10.0. The van der Waals surface area contributed by atoms with Crippen LogP contribution in [0.1, 0.15) is 32.8 Å². The fourth-order valence-electron chi connectivity index (χ4n) is 1.68. The maximum atomic E-state index is 4.13. The number of pyridine rings is 1. The largest absolute Gasteiger partial charge is 0.316 e. The van der Waals surface area contributed by atoms with E-state index in [9.17, 15) is 0 Å². The van der Waals surface area contributed by atoms with E-state index in [1.54, 1.807) is 0 Å². The van der Waals surface area contributed by atoms with Crippen LogP contribution < -0.4 is 5.32 Å². The number of rotatable bonds is 7. The van der Waals surface area contributed by atoms with Crippen LogP contribution in [0.4, 0.5) is 0 Å². The molecule has 1 N–H and O–H groups in total. The van der Waals surface area contributed by atoms with Gasteiger partial charge in [-0.1, -0.05) is 26.8 Å². The molecule has 1 unspecified atom stereocenters. The fraction of sp³-hybridized carbons (Fsp3) is 0.643. The molecule has 0 spiro atoms. The number of aromatic nitrogens is 1. The second kappa shape index (κ2) is 7.39. The van der Waals surface area contributed by atoms with E-state index in [0.29, 0.717) is 0 Å². The molecule has 0 fully saturated rings. The molecule has 0 aliphatic heterocycles. The van der Waals surface area contributed by atoms with Crippen LogP contribution in [0.5, 0.6) is 0 Å². The van der Waals surface area contributed by atoms with Crippen molar-refractivity contribution < 1.29 is 0 Å². The van der Waals surface area contributed by atoms with Crippen molar-refractivity contribution in [2.45, 2.75) is 33.6 Å². The summed E-state index contributed by atoms with van der Waals surface area (Å²) in [7, 11) is 0. The van der Waals surface area contributed by atoms with Gasteiger partial charge in [0.15, 0.2) is 0 Å². The summed E-state index contributed by atoms with van der Waals surface area (Å²) in [5, 5.41) is 3.51. The van der Waals surface area contributed by atoms with Crippen LogP contribution >= 0.6 is 0 Å². The van der Waals surface area contributed by atoms with Gasteiger partial charge in [0.05, 0.1) is 0 Å². The maximum Gasteiger partial charge on any atom is 0.0299 e. The number of hydrogen-bond acceptors (Lipinski definition) is 2. The summed E-state index contributed by atoms with van der Waals surface area (Å²) in [5.41, 5.74) is 1.35. The first-order valence-electron chi connectivity index (χ1n) is 6.28. The summed E-state index contributed by atoms with van der Waals surface area (Å²) >= 11 is 0. The molecular weight excluding hydrogens is 196 g/mol.